The normalized spacial score (nSPS) is 10.4. The Bertz CT molecular complexity index is 805. The zero-order valence-corrected chi connectivity index (χ0v) is 14.5. The third-order valence-corrected chi connectivity index (χ3v) is 3.58. The van der Waals surface area contributed by atoms with Gasteiger partial charge in [0.1, 0.15) is 0 Å². The van der Waals surface area contributed by atoms with Gasteiger partial charge in [0.15, 0.2) is 0 Å². The van der Waals surface area contributed by atoms with Crippen molar-refractivity contribution in [1.82, 2.24) is 4.90 Å². The third kappa shape index (κ3) is 5.38. The number of rotatable bonds is 7. The first-order chi connectivity index (χ1) is 12.4. The SMILES string of the molecule is COC(=O)c1cccc(NC(=O)CN(C)Cc2ccc([N+](=O)[O-])cc2)c1. The van der Waals surface area contributed by atoms with Crippen LogP contribution in [-0.4, -0.2) is 42.4 Å². The van der Waals surface area contributed by atoms with Crippen LogP contribution in [0.25, 0.3) is 0 Å². The van der Waals surface area contributed by atoms with Crippen molar-refractivity contribution in [2.45, 2.75) is 6.54 Å². The lowest BCUT2D eigenvalue weighted by molar-refractivity contribution is -0.384. The van der Waals surface area contributed by atoms with E-state index < -0.39 is 10.9 Å². The number of ether oxygens (including phenoxy) is 1. The van der Waals surface area contributed by atoms with E-state index in [9.17, 15) is 19.7 Å². The lowest BCUT2D eigenvalue weighted by Gasteiger charge is -2.16. The molecule has 1 amide bonds. The molecular formula is C18H19N3O5. The highest BCUT2D eigenvalue weighted by Gasteiger charge is 2.11. The minimum atomic E-state index is -0.476. The predicted molar refractivity (Wildman–Crippen MR) is 95.8 cm³/mol. The van der Waals surface area contributed by atoms with Gasteiger partial charge in [0.05, 0.1) is 24.1 Å². The lowest BCUT2D eigenvalue weighted by atomic mass is 10.2. The van der Waals surface area contributed by atoms with Crippen LogP contribution in [0.5, 0.6) is 0 Å². The van der Waals surface area contributed by atoms with Crippen LogP contribution in [0.2, 0.25) is 0 Å². The molecular weight excluding hydrogens is 338 g/mol. The Morgan fingerprint density at radius 1 is 1.19 bits per heavy atom. The largest absolute Gasteiger partial charge is 0.465 e. The molecule has 0 spiro atoms. The third-order valence-electron chi connectivity index (χ3n) is 3.58. The van der Waals surface area contributed by atoms with Gasteiger partial charge >= 0.3 is 5.97 Å². The average Bonchev–Trinajstić information content (AvgIpc) is 2.61. The van der Waals surface area contributed by atoms with Crippen LogP contribution in [0.3, 0.4) is 0 Å². The van der Waals surface area contributed by atoms with E-state index in [0.717, 1.165) is 5.56 Å². The van der Waals surface area contributed by atoms with Crippen molar-refractivity contribution in [1.29, 1.82) is 0 Å². The number of amides is 1. The quantitative estimate of drug-likeness (QED) is 0.464. The summed E-state index contributed by atoms with van der Waals surface area (Å²) in [6.07, 6.45) is 0. The molecule has 0 bridgehead atoms. The fourth-order valence-electron chi connectivity index (χ4n) is 2.38. The van der Waals surface area contributed by atoms with E-state index in [2.05, 4.69) is 10.1 Å². The number of nitrogens with one attached hydrogen (secondary N) is 1. The van der Waals surface area contributed by atoms with Crippen LogP contribution in [0.1, 0.15) is 15.9 Å². The van der Waals surface area contributed by atoms with Crippen LogP contribution in [-0.2, 0) is 16.1 Å². The van der Waals surface area contributed by atoms with Crippen LogP contribution >= 0.6 is 0 Å². The van der Waals surface area contributed by atoms with E-state index in [1.54, 1.807) is 48.3 Å². The Morgan fingerprint density at radius 2 is 1.88 bits per heavy atom. The number of anilines is 1. The minimum Gasteiger partial charge on any atom is -0.465 e. The van der Waals surface area contributed by atoms with Crippen molar-refractivity contribution in [3.05, 3.63) is 69.8 Å². The summed E-state index contributed by atoms with van der Waals surface area (Å²) < 4.78 is 4.65. The fourth-order valence-corrected chi connectivity index (χ4v) is 2.38. The molecule has 0 aromatic heterocycles. The maximum atomic E-state index is 12.1. The van der Waals surface area contributed by atoms with Crippen LogP contribution in [0, 0.1) is 10.1 Å². The number of carbonyl (C=O) groups excluding carboxylic acids is 2. The molecule has 0 heterocycles. The zero-order valence-electron chi connectivity index (χ0n) is 14.5. The zero-order chi connectivity index (χ0) is 19.1. The molecule has 0 aliphatic rings. The van der Waals surface area contributed by atoms with Gasteiger partial charge < -0.3 is 10.1 Å². The molecule has 0 atom stereocenters. The number of likely N-dealkylation sites (N-methyl/N-ethyl adjacent to an activating group) is 1. The molecule has 0 aliphatic carbocycles. The smallest absolute Gasteiger partial charge is 0.337 e. The van der Waals surface area contributed by atoms with E-state index >= 15 is 0 Å². The molecule has 8 nitrogen and oxygen atoms in total. The number of carbonyl (C=O) groups is 2. The number of hydrogen-bond acceptors (Lipinski definition) is 6. The van der Waals surface area contributed by atoms with E-state index in [1.165, 1.54) is 19.2 Å². The van der Waals surface area contributed by atoms with Gasteiger partial charge in [-0.25, -0.2) is 4.79 Å². The van der Waals surface area contributed by atoms with Crippen molar-refractivity contribution in [3.8, 4) is 0 Å². The second kappa shape index (κ2) is 8.72. The summed E-state index contributed by atoms with van der Waals surface area (Å²) in [7, 11) is 3.06. The summed E-state index contributed by atoms with van der Waals surface area (Å²) in [4.78, 5) is 35.6. The molecule has 2 aromatic carbocycles. The highest BCUT2D eigenvalue weighted by atomic mass is 16.6. The fraction of sp³-hybridized carbons (Fsp3) is 0.222. The molecule has 8 heteroatoms. The molecule has 0 saturated heterocycles. The number of esters is 1. The average molecular weight is 357 g/mol. The number of nitro benzene ring substituents is 1. The van der Waals surface area contributed by atoms with E-state index in [-0.39, 0.29) is 18.1 Å². The highest BCUT2D eigenvalue weighted by Crippen LogP contribution is 2.14. The molecule has 26 heavy (non-hydrogen) atoms. The maximum absolute atomic E-state index is 12.1. The van der Waals surface area contributed by atoms with Gasteiger partial charge in [0, 0.05) is 24.4 Å². The Morgan fingerprint density at radius 3 is 2.50 bits per heavy atom. The number of benzene rings is 2. The number of non-ortho nitro benzene ring substituents is 1. The summed E-state index contributed by atoms with van der Waals surface area (Å²) in [5.41, 5.74) is 1.74. The molecule has 2 rings (SSSR count). The van der Waals surface area contributed by atoms with Crippen molar-refractivity contribution < 1.29 is 19.2 Å². The summed E-state index contributed by atoms with van der Waals surface area (Å²) in [6.45, 7) is 0.590. The van der Waals surface area contributed by atoms with E-state index in [0.29, 0.717) is 17.8 Å². The topological polar surface area (TPSA) is 102 Å². The Kier molecular flexibility index (Phi) is 6.40. The molecule has 0 unspecified atom stereocenters. The lowest BCUT2D eigenvalue weighted by Crippen LogP contribution is -2.29. The number of methoxy groups -OCH3 is 1. The molecule has 0 aliphatic heterocycles. The molecule has 1 N–H and O–H groups in total. The summed E-state index contributed by atoms with van der Waals surface area (Å²) in [5, 5.41) is 13.4. The van der Waals surface area contributed by atoms with Crippen LogP contribution < -0.4 is 5.32 Å². The van der Waals surface area contributed by atoms with Gasteiger partial charge in [-0.3, -0.25) is 19.8 Å². The molecule has 136 valence electrons. The molecule has 0 saturated carbocycles. The second-order valence-corrected chi connectivity index (χ2v) is 5.72. The number of nitro groups is 1. The van der Waals surface area contributed by atoms with Crippen molar-refractivity contribution in [2.75, 3.05) is 26.0 Å². The summed E-state index contributed by atoms with van der Waals surface area (Å²) in [6, 6.07) is 12.7. The Hall–Kier alpha value is -3.26. The minimum absolute atomic E-state index is 0.0274. The Labute approximate surface area is 150 Å². The summed E-state index contributed by atoms with van der Waals surface area (Å²) >= 11 is 0. The van der Waals surface area contributed by atoms with Gasteiger partial charge in [-0.15, -0.1) is 0 Å². The van der Waals surface area contributed by atoms with E-state index in [4.69, 9.17) is 0 Å². The van der Waals surface area contributed by atoms with Gasteiger partial charge in [0.25, 0.3) is 5.69 Å². The van der Waals surface area contributed by atoms with Crippen molar-refractivity contribution in [2.24, 2.45) is 0 Å². The van der Waals surface area contributed by atoms with Crippen LogP contribution in [0.15, 0.2) is 48.5 Å². The monoisotopic (exact) mass is 357 g/mol. The maximum Gasteiger partial charge on any atom is 0.337 e. The van der Waals surface area contributed by atoms with Crippen molar-refractivity contribution >= 4 is 23.3 Å². The first-order valence-electron chi connectivity index (χ1n) is 7.79. The molecule has 0 fully saturated rings. The van der Waals surface area contributed by atoms with Gasteiger partial charge in [-0.2, -0.15) is 0 Å². The Balaban J connectivity index is 1.90. The van der Waals surface area contributed by atoms with Crippen molar-refractivity contribution in [3.63, 3.8) is 0 Å². The molecule has 0 radical (unpaired) electrons. The standard InChI is InChI=1S/C18H19N3O5/c1-20(11-13-6-8-16(9-7-13)21(24)25)12-17(22)19-15-5-3-4-14(10-15)18(23)26-2/h3-10H,11-12H2,1-2H3,(H,19,22). The number of hydrogen-bond donors (Lipinski definition) is 1. The summed E-state index contributed by atoms with van der Waals surface area (Å²) in [5.74, 6) is -0.715. The highest BCUT2D eigenvalue weighted by molar-refractivity contribution is 5.95. The first kappa shape index (κ1) is 19.1. The molecule has 2 aromatic rings. The van der Waals surface area contributed by atoms with Gasteiger partial charge in [-0.05, 0) is 30.8 Å². The first-order valence-corrected chi connectivity index (χ1v) is 7.79. The van der Waals surface area contributed by atoms with Gasteiger partial charge in [0.2, 0.25) is 5.91 Å². The second-order valence-electron chi connectivity index (χ2n) is 5.72. The predicted octanol–water partition coefficient (Wildman–Crippen LogP) is 2.45. The van der Waals surface area contributed by atoms with Crippen LogP contribution in [0.4, 0.5) is 11.4 Å². The van der Waals surface area contributed by atoms with E-state index in [1.807, 2.05) is 0 Å². The number of nitrogens with zero attached hydrogens (tertiary/aromatic N) is 2. The van der Waals surface area contributed by atoms with Gasteiger partial charge in [-0.1, -0.05) is 18.2 Å².